The molecule has 28 heavy (non-hydrogen) atoms. The van der Waals surface area contributed by atoms with Crippen molar-refractivity contribution < 1.29 is 12.8 Å². The molecule has 0 spiro atoms. The number of halogens is 3. The lowest BCUT2D eigenvalue weighted by Crippen LogP contribution is -2.19. The fraction of sp³-hybridized carbons (Fsp3) is 0.105. The highest BCUT2D eigenvalue weighted by Crippen LogP contribution is 2.27. The summed E-state index contributed by atoms with van der Waals surface area (Å²) in [7, 11) is -3.97. The molecule has 0 saturated heterocycles. The Bertz CT molecular complexity index is 1080. The largest absolute Gasteiger partial charge is 0.307 e. The van der Waals surface area contributed by atoms with Crippen LogP contribution in [0.1, 0.15) is 11.3 Å². The van der Waals surface area contributed by atoms with Crippen LogP contribution >= 0.6 is 23.2 Å². The highest BCUT2D eigenvalue weighted by atomic mass is 35.5. The summed E-state index contributed by atoms with van der Waals surface area (Å²) in [5.41, 5.74) is 1.12. The van der Waals surface area contributed by atoms with Gasteiger partial charge >= 0.3 is 0 Å². The van der Waals surface area contributed by atoms with Gasteiger partial charge < -0.3 is 5.32 Å². The van der Waals surface area contributed by atoms with Crippen LogP contribution in [0, 0.1) is 5.82 Å². The summed E-state index contributed by atoms with van der Waals surface area (Å²) in [5, 5.41) is 3.42. The van der Waals surface area contributed by atoms with Gasteiger partial charge in [0.15, 0.2) is 0 Å². The standard InChI is InChI=1S/C19H16Cl2FN3O2S/c20-16-8-7-14(10-17(16)21)28(26,27)25-19-6-3-5-18(22)15(19)12-23-11-13-4-1-2-9-24-13/h1-10,23,25H,11-12H2. The smallest absolute Gasteiger partial charge is 0.261 e. The van der Waals surface area contributed by atoms with E-state index in [1.807, 2.05) is 12.1 Å². The Balaban J connectivity index is 1.80. The summed E-state index contributed by atoms with van der Waals surface area (Å²) >= 11 is 11.7. The molecule has 2 N–H and O–H groups in total. The first-order chi connectivity index (χ1) is 13.4. The quantitative estimate of drug-likeness (QED) is 0.563. The Morgan fingerprint density at radius 2 is 1.79 bits per heavy atom. The molecular formula is C19H16Cl2FN3O2S. The minimum atomic E-state index is -3.97. The second kappa shape index (κ2) is 8.87. The summed E-state index contributed by atoms with van der Waals surface area (Å²) in [4.78, 5) is 4.11. The van der Waals surface area contributed by atoms with Crippen molar-refractivity contribution in [2.24, 2.45) is 0 Å². The fourth-order valence-electron chi connectivity index (χ4n) is 2.50. The van der Waals surface area contributed by atoms with Gasteiger partial charge in [0, 0.05) is 24.8 Å². The average Bonchev–Trinajstić information content (AvgIpc) is 2.66. The van der Waals surface area contributed by atoms with E-state index in [1.165, 1.54) is 36.4 Å². The molecule has 0 unspecified atom stereocenters. The number of hydrogen-bond acceptors (Lipinski definition) is 4. The zero-order chi connectivity index (χ0) is 20.1. The number of benzene rings is 2. The van der Waals surface area contributed by atoms with Gasteiger partial charge in [-0.15, -0.1) is 0 Å². The Labute approximate surface area is 172 Å². The molecule has 0 atom stereocenters. The molecule has 0 aliphatic heterocycles. The van der Waals surface area contributed by atoms with Gasteiger partial charge in [-0.1, -0.05) is 35.3 Å². The summed E-state index contributed by atoms with van der Waals surface area (Å²) < 4.78 is 42.1. The van der Waals surface area contributed by atoms with Crippen molar-refractivity contribution >= 4 is 38.9 Å². The second-order valence-corrected chi connectivity index (χ2v) is 8.37. The van der Waals surface area contributed by atoms with Crippen LogP contribution < -0.4 is 10.0 Å². The van der Waals surface area contributed by atoms with E-state index in [4.69, 9.17) is 23.2 Å². The molecule has 0 saturated carbocycles. The third-order valence-electron chi connectivity index (χ3n) is 3.90. The minimum Gasteiger partial charge on any atom is -0.307 e. The molecule has 1 aromatic heterocycles. The Hall–Kier alpha value is -2.19. The number of sulfonamides is 1. The van der Waals surface area contributed by atoms with Crippen LogP contribution in [-0.2, 0) is 23.1 Å². The highest BCUT2D eigenvalue weighted by Gasteiger charge is 2.18. The van der Waals surface area contributed by atoms with E-state index in [2.05, 4.69) is 15.0 Å². The van der Waals surface area contributed by atoms with Crippen molar-refractivity contribution in [3.05, 3.63) is 87.9 Å². The predicted molar refractivity (Wildman–Crippen MR) is 108 cm³/mol. The third-order valence-corrected chi connectivity index (χ3v) is 6.00. The summed E-state index contributed by atoms with van der Waals surface area (Å²) in [6.07, 6.45) is 1.66. The molecule has 2 aromatic carbocycles. The van der Waals surface area contributed by atoms with Gasteiger partial charge in [0.1, 0.15) is 5.82 Å². The van der Waals surface area contributed by atoms with Crippen molar-refractivity contribution in [1.29, 1.82) is 0 Å². The molecule has 146 valence electrons. The molecule has 0 amide bonds. The van der Waals surface area contributed by atoms with E-state index in [0.29, 0.717) is 6.54 Å². The Morgan fingerprint density at radius 1 is 0.964 bits per heavy atom. The van der Waals surface area contributed by atoms with E-state index < -0.39 is 15.8 Å². The molecule has 0 aliphatic rings. The SMILES string of the molecule is O=S(=O)(Nc1cccc(F)c1CNCc1ccccn1)c1ccc(Cl)c(Cl)c1. The fourth-order valence-corrected chi connectivity index (χ4v) is 3.98. The highest BCUT2D eigenvalue weighted by molar-refractivity contribution is 7.92. The Morgan fingerprint density at radius 3 is 2.50 bits per heavy atom. The van der Waals surface area contributed by atoms with Gasteiger partial charge in [-0.25, -0.2) is 12.8 Å². The molecule has 3 aromatic rings. The number of anilines is 1. The number of pyridine rings is 1. The zero-order valence-corrected chi connectivity index (χ0v) is 16.8. The van der Waals surface area contributed by atoms with Crippen molar-refractivity contribution in [3.8, 4) is 0 Å². The van der Waals surface area contributed by atoms with E-state index >= 15 is 0 Å². The Kier molecular flexibility index (Phi) is 6.51. The van der Waals surface area contributed by atoms with Gasteiger partial charge in [-0.3, -0.25) is 9.71 Å². The third kappa shape index (κ3) is 4.99. The number of hydrogen-bond donors (Lipinski definition) is 2. The number of aromatic nitrogens is 1. The van der Waals surface area contributed by atoms with E-state index in [9.17, 15) is 12.8 Å². The summed E-state index contributed by atoms with van der Waals surface area (Å²) in [6, 6.07) is 13.6. The monoisotopic (exact) mass is 439 g/mol. The van der Waals surface area contributed by atoms with Crippen molar-refractivity contribution in [2.75, 3.05) is 4.72 Å². The van der Waals surface area contributed by atoms with Crippen LogP contribution in [0.4, 0.5) is 10.1 Å². The van der Waals surface area contributed by atoms with Crippen LogP contribution in [0.5, 0.6) is 0 Å². The predicted octanol–water partition coefficient (Wildman–Crippen LogP) is 4.62. The molecule has 5 nitrogen and oxygen atoms in total. The van der Waals surface area contributed by atoms with E-state index in [1.54, 1.807) is 12.3 Å². The van der Waals surface area contributed by atoms with Gasteiger partial charge in [0.2, 0.25) is 0 Å². The topological polar surface area (TPSA) is 71.1 Å². The molecule has 1 heterocycles. The first kappa shape index (κ1) is 20.5. The molecule has 0 radical (unpaired) electrons. The lowest BCUT2D eigenvalue weighted by Gasteiger charge is -2.14. The molecule has 9 heteroatoms. The first-order valence-corrected chi connectivity index (χ1v) is 10.5. The molecular weight excluding hydrogens is 424 g/mol. The number of nitrogens with one attached hydrogen (secondary N) is 2. The van der Waals surface area contributed by atoms with Gasteiger partial charge in [0.25, 0.3) is 10.0 Å². The lowest BCUT2D eigenvalue weighted by atomic mass is 10.1. The lowest BCUT2D eigenvalue weighted by molar-refractivity contribution is 0.586. The van der Waals surface area contributed by atoms with Crippen molar-refractivity contribution in [1.82, 2.24) is 10.3 Å². The van der Waals surface area contributed by atoms with E-state index in [0.717, 1.165) is 5.69 Å². The number of rotatable bonds is 7. The van der Waals surface area contributed by atoms with Crippen LogP contribution in [0.2, 0.25) is 10.0 Å². The molecule has 0 bridgehead atoms. The number of nitrogens with zero attached hydrogens (tertiary/aromatic N) is 1. The van der Waals surface area contributed by atoms with Crippen molar-refractivity contribution in [2.45, 2.75) is 18.0 Å². The van der Waals surface area contributed by atoms with Crippen molar-refractivity contribution in [3.63, 3.8) is 0 Å². The zero-order valence-electron chi connectivity index (χ0n) is 14.5. The average molecular weight is 440 g/mol. The van der Waals surface area contributed by atoms with Crippen LogP contribution in [0.3, 0.4) is 0 Å². The van der Waals surface area contributed by atoms with E-state index in [-0.39, 0.29) is 32.7 Å². The second-order valence-electron chi connectivity index (χ2n) is 5.87. The van der Waals surface area contributed by atoms with Gasteiger partial charge in [-0.05, 0) is 42.5 Å². The maximum absolute atomic E-state index is 14.3. The first-order valence-electron chi connectivity index (χ1n) is 8.23. The summed E-state index contributed by atoms with van der Waals surface area (Å²) in [6.45, 7) is 0.524. The van der Waals surface area contributed by atoms with Crippen LogP contribution in [0.25, 0.3) is 0 Å². The van der Waals surface area contributed by atoms with Crippen LogP contribution in [-0.4, -0.2) is 13.4 Å². The molecule has 0 fully saturated rings. The maximum Gasteiger partial charge on any atom is 0.261 e. The van der Waals surface area contributed by atoms with Crippen LogP contribution in [0.15, 0.2) is 65.7 Å². The normalized spacial score (nSPS) is 11.4. The van der Waals surface area contributed by atoms with Gasteiger partial charge in [0.05, 0.1) is 26.3 Å². The maximum atomic E-state index is 14.3. The molecule has 0 aliphatic carbocycles. The van der Waals surface area contributed by atoms with Gasteiger partial charge in [-0.2, -0.15) is 0 Å². The molecule has 3 rings (SSSR count). The minimum absolute atomic E-state index is 0.0708. The summed E-state index contributed by atoms with van der Waals surface area (Å²) in [5.74, 6) is -0.525.